The van der Waals surface area contributed by atoms with E-state index in [1.165, 1.54) is 15.7 Å². The van der Waals surface area contributed by atoms with Crippen molar-refractivity contribution in [2.24, 2.45) is 5.92 Å². The van der Waals surface area contributed by atoms with Crippen LogP contribution in [0.25, 0.3) is 17.8 Å². The number of rotatable bonds is 14. The van der Waals surface area contributed by atoms with Crippen LogP contribution in [0.2, 0.25) is 0 Å². The van der Waals surface area contributed by atoms with Gasteiger partial charge >= 0.3 is 0 Å². The zero-order valence-corrected chi connectivity index (χ0v) is 33.1. The van der Waals surface area contributed by atoms with Gasteiger partial charge in [0.25, 0.3) is 11.5 Å². The molecule has 15 nitrogen and oxygen atoms in total. The maximum Gasteiger partial charge on any atom is 0.267 e. The van der Waals surface area contributed by atoms with Gasteiger partial charge in [0.15, 0.2) is 11.0 Å². The fraction of sp³-hybridized carbons (Fsp3) is 0.436. The molecule has 1 aliphatic rings. The molecule has 1 fully saturated rings. The van der Waals surface area contributed by atoms with Crippen molar-refractivity contribution in [2.45, 2.75) is 58.4 Å². The Bertz CT molecular complexity index is 2200. The quantitative estimate of drug-likeness (QED) is 0.152. The van der Waals surface area contributed by atoms with E-state index in [0.717, 1.165) is 42.8 Å². The van der Waals surface area contributed by atoms with Gasteiger partial charge in [-0.25, -0.2) is 14.6 Å². The average Bonchev–Trinajstić information content (AvgIpc) is 3.83. The summed E-state index contributed by atoms with van der Waals surface area (Å²) >= 11 is 1.37. The molecule has 2 amide bonds. The molecule has 5 heterocycles. The molecule has 1 aromatic carbocycles. The number of amides is 2. The van der Waals surface area contributed by atoms with Crippen molar-refractivity contribution in [3.63, 3.8) is 0 Å². The molecule has 5 aromatic rings. The van der Waals surface area contributed by atoms with Crippen molar-refractivity contribution in [3.8, 4) is 5.75 Å². The second-order valence-electron chi connectivity index (χ2n) is 15.1. The number of carbonyl (C=O) groups is 2. The van der Waals surface area contributed by atoms with Crippen LogP contribution in [0.1, 0.15) is 79.5 Å². The van der Waals surface area contributed by atoms with E-state index in [9.17, 15) is 14.4 Å². The normalized spacial score (nSPS) is 14.9. The molecule has 0 bridgehead atoms. The molecule has 1 atom stereocenters. The van der Waals surface area contributed by atoms with E-state index >= 15 is 0 Å². The van der Waals surface area contributed by atoms with Gasteiger partial charge in [-0.15, -0.1) is 16.4 Å². The van der Waals surface area contributed by atoms with Crippen LogP contribution < -0.4 is 25.8 Å². The predicted molar refractivity (Wildman–Crippen MR) is 215 cm³/mol. The lowest BCUT2D eigenvalue weighted by Gasteiger charge is -2.34. The van der Waals surface area contributed by atoms with E-state index in [0.29, 0.717) is 66.1 Å². The number of carbonyl (C=O) groups excluding carboxylic acids is 2. The summed E-state index contributed by atoms with van der Waals surface area (Å²) < 4.78 is 8.36. The molecule has 0 radical (unpaired) electrons. The highest BCUT2D eigenvalue weighted by atomic mass is 32.1. The third-order valence-corrected chi connectivity index (χ3v) is 10.2. The van der Waals surface area contributed by atoms with Crippen molar-refractivity contribution < 1.29 is 14.3 Å². The minimum absolute atomic E-state index is 0.0199. The highest BCUT2D eigenvalue weighted by molar-refractivity contribution is 7.14. The number of thiazole rings is 1. The summed E-state index contributed by atoms with van der Waals surface area (Å²) in [5.41, 5.74) is 2.41. The van der Waals surface area contributed by atoms with Crippen molar-refractivity contribution in [2.75, 3.05) is 57.6 Å². The van der Waals surface area contributed by atoms with Crippen LogP contribution in [-0.4, -0.2) is 98.7 Å². The number of methoxy groups -OCH3 is 1. The summed E-state index contributed by atoms with van der Waals surface area (Å²) in [4.78, 5) is 54.4. The Morgan fingerprint density at radius 1 is 1.11 bits per heavy atom. The number of nitrogens with one attached hydrogen (secondary N) is 2. The summed E-state index contributed by atoms with van der Waals surface area (Å²) in [5.74, 6) is 1.42. The largest absolute Gasteiger partial charge is 0.497 e. The monoisotopic (exact) mass is 767 g/mol. The Balaban J connectivity index is 1.30. The van der Waals surface area contributed by atoms with E-state index in [1.54, 1.807) is 42.3 Å². The molecule has 1 unspecified atom stereocenters. The van der Waals surface area contributed by atoms with Crippen molar-refractivity contribution in [3.05, 3.63) is 86.5 Å². The Kier molecular flexibility index (Phi) is 12.4. The molecule has 1 aliphatic heterocycles. The third-order valence-electron chi connectivity index (χ3n) is 9.45. The van der Waals surface area contributed by atoms with E-state index in [2.05, 4.69) is 61.7 Å². The Morgan fingerprint density at radius 3 is 2.64 bits per heavy atom. The lowest BCUT2D eigenvalue weighted by atomic mass is 9.93. The second kappa shape index (κ2) is 17.3. The first kappa shape index (κ1) is 39.2. The SMILES string of the molecule is COc1ccc(Cn2nnnc2C=Cc2c(N3CCCC(CC(=O)NCCCN(C)C)C3)nc3cc(C(=O)Nc4nc(C(C)(C)C)cs4)ccn3c2=O)cc1. The topological polar surface area (TPSA) is 165 Å². The van der Waals surface area contributed by atoms with Crippen molar-refractivity contribution in [1.82, 2.24) is 44.8 Å². The van der Waals surface area contributed by atoms with Gasteiger partial charge in [-0.2, -0.15) is 0 Å². The Labute approximate surface area is 324 Å². The molecule has 0 aliphatic carbocycles. The standard InChI is InChI=1S/C39H49N11O4S/c1-39(2,3)31-25-55-38(41-31)43-36(52)28-16-20-49-33(22-28)42-35(48-19-7-9-27(23-48)21-34(51)40-17-8-18-47(4)5)30(37(49)53)14-15-32-44-45-46-50(32)24-26-10-12-29(54-6)13-11-26/h10-16,20,22,25,27H,7-9,17-19,21,23-24H2,1-6H3,(H,40,51)(H,41,43,52). The van der Waals surface area contributed by atoms with Crippen LogP contribution >= 0.6 is 11.3 Å². The van der Waals surface area contributed by atoms with Crippen LogP contribution in [0.3, 0.4) is 0 Å². The number of pyridine rings is 1. The lowest BCUT2D eigenvalue weighted by Crippen LogP contribution is -2.40. The van der Waals surface area contributed by atoms with Gasteiger partial charge in [0.05, 0.1) is 24.9 Å². The minimum Gasteiger partial charge on any atom is -0.497 e. The number of aromatic nitrogens is 7. The summed E-state index contributed by atoms with van der Waals surface area (Å²) in [7, 11) is 5.65. The first-order valence-electron chi connectivity index (χ1n) is 18.5. The van der Waals surface area contributed by atoms with E-state index in [1.807, 2.05) is 43.7 Å². The molecule has 1 saturated heterocycles. The molecule has 55 heavy (non-hydrogen) atoms. The van der Waals surface area contributed by atoms with Gasteiger partial charge in [-0.05, 0) is 98.2 Å². The van der Waals surface area contributed by atoms with Crippen LogP contribution in [0.15, 0.2) is 52.8 Å². The molecule has 4 aromatic heterocycles. The number of benzene rings is 1. The predicted octanol–water partition coefficient (Wildman–Crippen LogP) is 4.59. The van der Waals surface area contributed by atoms with Crippen LogP contribution in [0.5, 0.6) is 5.75 Å². The molecule has 290 valence electrons. The number of fused-ring (bicyclic) bond motifs is 1. The average molecular weight is 768 g/mol. The van der Waals surface area contributed by atoms with Crippen LogP contribution in [0.4, 0.5) is 10.9 Å². The van der Waals surface area contributed by atoms with E-state index in [4.69, 9.17) is 9.72 Å². The van der Waals surface area contributed by atoms with Gasteiger partial charge < -0.3 is 19.9 Å². The molecule has 2 N–H and O–H groups in total. The summed E-state index contributed by atoms with van der Waals surface area (Å²) in [5, 5.41) is 20.7. The van der Waals surface area contributed by atoms with Crippen LogP contribution in [-0.2, 0) is 16.8 Å². The Morgan fingerprint density at radius 2 is 1.91 bits per heavy atom. The fourth-order valence-corrected chi connectivity index (χ4v) is 7.33. The number of nitrogens with zero attached hydrogens (tertiary/aromatic N) is 9. The summed E-state index contributed by atoms with van der Waals surface area (Å²) in [6.07, 6.45) is 7.95. The zero-order valence-electron chi connectivity index (χ0n) is 32.3. The first-order chi connectivity index (χ1) is 26.4. The van der Waals surface area contributed by atoms with Crippen molar-refractivity contribution in [1.29, 1.82) is 0 Å². The second-order valence-corrected chi connectivity index (χ2v) is 15.9. The summed E-state index contributed by atoms with van der Waals surface area (Å²) in [6.45, 7) is 9.34. The van der Waals surface area contributed by atoms with Crippen molar-refractivity contribution >= 4 is 51.9 Å². The number of piperidine rings is 1. The number of hydrogen-bond acceptors (Lipinski definition) is 12. The lowest BCUT2D eigenvalue weighted by molar-refractivity contribution is -0.122. The van der Waals surface area contributed by atoms with E-state index < -0.39 is 0 Å². The number of tetrazole rings is 1. The highest BCUT2D eigenvalue weighted by Gasteiger charge is 2.27. The fourth-order valence-electron chi connectivity index (χ4n) is 6.40. The van der Waals surface area contributed by atoms with Gasteiger partial charge in [-0.1, -0.05) is 32.9 Å². The van der Waals surface area contributed by atoms with Gasteiger partial charge in [0.1, 0.15) is 17.2 Å². The number of ether oxygens (including phenoxy) is 1. The van der Waals surface area contributed by atoms with Gasteiger partial charge in [0.2, 0.25) is 5.91 Å². The highest BCUT2D eigenvalue weighted by Crippen LogP contribution is 2.29. The molecule has 16 heteroatoms. The Hall–Kier alpha value is -5.48. The molecular weight excluding hydrogens is 719 g/mol. The molecular formula is C39H49N11O4S. The molecule has 6 rings (SSSR count). The third kappa shape index (κ3) is 9.99. The number of anilines is 2. The summed E-state index contributed by atoms with van der Waals surface area (Å²) in [6, 6.07) is 10.8. The number of hydrogen-bond donors (Lipinski definition) is 2. The first-order valence-corrected chi connectivity index (χ1v) is 19.3. The van der Waals surface area contributed by atoms with Crippen LogP contribution in [0, 0.1) is 5.92 Å². The maximum absolute atomic E-state index is 14.3. The smallest absolute Gasteiger partial charge is 0.267 e. The van der Waals surface area contributed by atoms with E-state index in [-0.39, 0.29) is 28.7 Å². The molecule has 0 spiro atoms. The minimum atomic E-state index is -0.351. The maximum atomic E-state index is 14.3. The molecule has 0 saturated carbocycles. The van der Waals surface area contributed by atoms with Gasteiger partial charge in [0, 0.05) is 48.6 Å². The zero-order chi connectivity index (χ0) is 39.1. The van der Waals surface area contributed by atoms with Gasteiger partial charge in [-0.3, -0.25) is 24.1 Å².